The summed E-state index contributed by atoms with van der Waals surface area (Å²) in [6.45, 7) is 7.02. The van der Waals surface area contributed by atoms with Crippen molar-refractivity contribution in [2.45, 2.75) is 32.7 Å². The molecule has 21 heavy (non-hydrogen) atoms. The van der Waals surface area contributed by atoms with E-state index in [1.807, 2.05) is 17.0 Å². The van der Waals surface area contributed by atoms with Crippen molar-refractivity contribution in [3.63, 3.8) is 0 Å². The summed E-state index contributed by atoms with van der Waals surface area (Å²) in [5.74, 6) is 0.596. The zero-order valence-corrected chi connectivity index (χ0v) is 14.9. The molecule has 0 radical (unpaired) electrons. The lowest BCUT2D eigenvalue weighted by Crippen LogP contribution is -2.43. The maximum Gasteiger partial charge on any atom is 0.255 e. The molecule has 1 aromatic rings. The highest BCUT2D eigenvalue weighted by molar-refractivity contribution is 9.10. The van der Waals surface area contributed by atoms with Crippen molar-refractivity contribution >= 4 is 33.4 Å². The van der Waals surface area contributed by atoms with Crippen LogP contribution in [0.5, 0.6) is 0 Å². The molecule has 1 aliphatic heterocycles. The minimum atomic E-state index is 0.0230. The van der Waals surface area contributed by atoms with Crippen LogP contribution in [0.1, 0.15) is 37.0 Å². The molecule has 116 valence electrons. The number of carbonyl (C=O) groups is 1. The van der Waals surface area contributed by atoms with E-state index in [2.05, 4.69) is 35.1 Å². The van der Waals surface area contributed by atoms with Gasteiger partial charge in [0.05, 0.1) is 10.6 Å². The fourth-order valence-corrected chi connectivity index (χ4v) is 3.27. The molecule has 1 aliphatic rings. The molecule has 0 aromatic heterocycles. The Kier molecular flexibility index (Phi) is 6.08. The third kappa shape index (κ3) is 4.21. The number of rotatable bonds is 4. The highest BCUT2D eigenvalue weighted by Crippen LogP contribution is 2.28. The van der Waals surface area contributed by atoms with Crippen molar-refractivity contribution in [3.05, 3.63) is 33.3 Å². The second-order valence-corrected chi connectivity index (χ2v) is 7.08. The number of amides is 1. The van der Waals surface area contributed by atoms with Gasteiger partial charge in [0.15, 0.2) is 0 Å². The first-order valence-electron chi connectivity index (χ1n) is 7.46. The van der Waals surface area contributed by atoms with E-state index in [-0.39, 0.29) is 11.9 Å². The number of nitrogens with zero attached hydrogens (tertiary/aromatic N) is 1. The van der Waals surface area contributed by atoms with Crippen LogP contribution in [-0.4, -0.2) is 36.5 Å². The van der Waals surface area contributed by atoms with E-state index in [4.69, 9.17) is 11.6 Å². The van der Waals surface area contributed by atoms with Gasteiger partial charge in [-0.2, -0.15) is 0 Å². The molecule has 0 aliphatic carbocycles. The standard InChI is InChI=1S/C16H22BrClN2O/c1-11(2)20(10-12-6-8-19-9-7-12)16(21)13-4-3-5-14(17)15(13)18/h3-5,11-12,19H,6-10H2,1-2H3. The minimum Gasteiger partial charge on any atom is -0.336 e. The van der Waals surface area contributed by atoms with Gasteiger partial charge in [-0.3, -0.25) is 4.79 Å². The summed E-state index contributed by atoms with van der Waals surface area (Å²) in [7, 11) is 0. The van der Waals surface area contributed by atoms with Crippen LogP contribution in [0.3, 0.4) is 0 Å². The molecule has 1 saturated heterocycles. The van der Waals surface area contributed by atoms with E-state index in [0.29, 0.717) is 16.5 Å². The number of piperidine rings is 1. The molecule has 1 amide bonds. The summed E-state index contributed by atoms with van der Waals surface area (Å²) in [6.07, 6.45) is 2.26. The molecule has 3 nitrogen and oxygen atoms in total. The van der Waals surface area contributed by atoms with Crippen molar-refractivity contribution in [1.29, 1.82) is 0 Å². The van der Waals surface area contributed by atoms with E-state index < -0.39 is 0 Å². The largest absolute Gasteiger partial charge is 0.336 e. The smallest absolute Gasteiger partial charge is 0.255 e. The number of carbonyl (C=O) groups excluding carboxylic acids is 1. The van der Waals surface area contributed by atoms with Crippen molar-refractivity contribution in [1.82, 2.24) is 10.2 Å². The van der Waals surface area contributed by atoms with E-state index in [0.717, 1.165) is 36.9 Å². The molecule has 5 heteroatoms. The van der Waals surface area contributed by atoms with Gasteiger partial charge in [0.25, 0.3) is 5.91 Å². The number of benzene rings is 1. The Bertz CT molecular complexity index is 501. The third-order valence-electron chi connectivity index (χ3n) is 3.98. The summed E-state index contributed by atoms with van der Waals surface area (Å²) in [4.78, 5) is 14.8. The van der Waals surface area contributed by atoms with Crippen molar-refractivity contribution in [2.75, 3.05) is 19.6 Å². The molecular weight excluding hydrogens is 352 g/mol. The minimum absolute atomic E-state index is 0.0230. The predicted molar refractivity (Wildman–Crippen MR) is 90.9 cm³/mol. The van der Waals surface area contributed by atoms with Crippen LogP contribution in [0.2, 0.25) is 5.02 Å². The first-order valence-corrected chi connectivity index (χ1v) is 8.63. The molecule has 1 heterocycles. The molecule has 0 unspecified atom stereocenters. The van der Waals surface area contributed by atoms with Crippen LogP contribution in [0.25, 0.3) is 0 Å². The van der Waals surface area contributed by atoms with Gasteiger partial charge in [0.2, 0.25) is 0 Å². The molecular formula is C16H22BrClN2O. The zero-order valence-electron chi connectivity index (χ0n) is 12.5. The molecule has 1 aromatic carbocycles. The van der Waals surface area contributed by atoms with Gasteiger partial charge in [-0.15, -0.1) is 0 Å². The second-order valence-electron chi connectivity index (χ2n) is 5.85. The normalized spacial score (nSPS) is 16.2. The Hall–Kier alpha value is -0.580. The van der Waals surface area contributed by atoms with Crippen LogP contribution < -0.4 is 5.32 Å². The van der Waals surface area contributed by atoms with Gasteiger partial charge in [-0.25, -0.2) is 0 Å². The average molecular weight is 374 g/mol. The fraction of sp³-hybridized carbons (Fsp3) is 0.562. The summed E-state index contributed by atoms with van der Waals surface area (Å²) in [5, 5.41) is 3.86. The Balaban J connectivity index is 2.17. The van der Waals surface area contributed by atoms with E-state index in [1.165, 1.54) is 0 Å². The summed E-state index contributed by atoms with van der Waals surface area (Å²) >= 11 is 9.66. The van der Waals surface area contributed by atoms with Gasteiger partial charge >= 0.3 is 0 Å². The lowest BCUT2D eigenvalue weighted by Gasteiger charge is -2.33. The maximum absolute atomic E-state index is 12.8. The van der Waals surface area contributed by atoms with Gasteiger partial charge in [-0.1, -0.05) is 17.7 Å². The van der Waals surface area contributed by atoms with Crippen molar-refractivity contribution in [3.8, 4) is 0 Å². The van der Waals surface area contributed by atoms with Crippen LogP contribution >= 0.6 is 27.5 Å². The molecule has 1 fully saturated rings. The summed E-state index contributed by atoms with van der Waals surface area (Å²) in [6, 6.07) is 5.67. The Morgan fingerprint density at radius 3 is 2.71 bits per heavy atom. The maximum atomic E-state index is 12.8. The molecule has 2 rings (SSSR count). The zero-order chi connectivity index (χ0) is 15.4. The Morgan fingerprint density at radius 1 is 1.43 bits per heavy atom. The number of hydrogen-bond acceptors (Lipinski definition) is 2. The quantitative estimate of drug-likeness (QED) is 0.866. The topological polar surface area (TPSA) is 32.3 Å². The third-order valence-corrected chi connectivity index (χ3v) is 5.28. The second kappa shape index (κ2) is 7.61. The lowest BCUT2D eigenvalue weighted by molar-refractivity contribution is 0.0658. The van der Waals surface area contributed by atoms with Crippen molar-refractivity contribution in [2.24, 2.45) is 5.92 Å². The van der Waals surface area contributed by atoms with Gasteiger partial charge in [0.1, 0.15) is 0 Å². The molecule has 0 spiro atoms. The first-order chi connectivity index (χ1) is 10.0. The SMILES string of the molecule is CC(C)N(CC1CCNCC1)C(=O)c1cccc(Br)c1Cl. The highest BCUT2D eigenvalue weighted by Gasteiger charge is 2.25. The molecule has 0 bridgehead atoms. The van der Waals surface area contributed by atoms with Gasteiger partial charge in [-0.05, 0) is 73.8 Å². The average Bonchev–Trinajstić information content (AvgIpc) is 2.48. The van der Waals surface area contributed by atoms with Crippen LogP contribution in [0.4, 0.5) is 0 Å². The van der Waals surface area contributed by atoms with Gasteiger partial charge < -0.3 is 10.2 Å². The summed E-state index contributed by atoms with van der Waals surface area (Å²) in [5.41, 5.74) is 0.577. The molecule has 0 atom stereocenters. The lowest BCUT2D eigenvalue weighted by atomic mass is 9.96. The van der Waals surface area contributed by atoms with Crippen LogP contribution in [0.15, 0.2) is 22.7 Å². The van der Waals surface area contributed by atoms with E-state index in [9.17, 15) is 4.79 Å². The number of hydrogen-bond donors (Lipinski definition) is 1. The monoisotopic (exact) mass is 372 g/mol. The molecule has 0 saturated carbocycles. The highest BCUT2D eigenvalue weighted by atomic mass is 79.9. The van der Waals surface area contributed by atoms with E-state index in [1.54, 1.807) is 6.07 Å². The van der Waals surface area contributed by atoms with Gasteiger partial charge in [0, 0.05) is 17.1 Å². The number of halogens is 2. The Labute approximate surface area is 140 Å². The number of nitrogens with one attached hydrogen (secondary N) is 1. The first kappa shape index (κ1) is 16.8. The fourth-order valence-electron chi connectivity index (χ4n) is 2.69. The van der Waals surface area contributed by atoms with Crippen LogP contribution in [0, 0.1) is 5.92 Å². The van der Waals surface area contributed by atoms with E-state index >= 15 is 0 Å². The summed E-state index contributed by atoms with van der Waals surface area (Å²) < 4.78 is 0.764. The van der Waals surface area contributed by atoms with Crippen molar-refractivity contribution < 1.29 is 4.79 Å². The van der Waals surface area contributed by atoms with Crippen LogP contribution in [-0.2, 0) is 0 Å². The molecule has 1 N–H and O–H groups in total. The predicted octanol–water partition coefficient (Wildman–Crippen LogP) is 3.95. The Morgan fingerprint density at radius 2 is 2.10 bits per heavy atom.